The van der Waals surface area contributed by atoms with Crippen LogP contribution in [0.3, 0.4) is 0 Å². The minimum atomic E-state index is -1.11. The Bertz CT molecular complexity index is 1610. The lowest BCUT2D eigenvalue weighted by molar-refractivity contribution is -0.147. The number of anilines is 2. The van der Waals surface area contributed by atoms with Crippen LogP contribution >= 0.6 is 0 Å². The zero-order valence-corrected chi connectivity index (χ0v) is 24.0. The molecule has 9 nitrogen and oxygen atoms in total. The van der Waals surface area contributed by atoms with Gasteiger partial charge in [-0.1, -0.05) is 48.5 Å². The highest BCUT2D eigenvalue weighted by Gasteiger charge is 2.35. The third-order valence-corrected chi connectivity index (χ3v) is 7.12. The molecule has 0 fully saturated rings. The summed E-state index contributed by atoms with van der Waals surface area (Å²) in [6.07, 6.45) is 0.0814. The maximum Gasteiger partial charge on any atom is 0.328 e. The number of nitrogens with zero attached hydrogens (tertiary/aromatic N) is 1. The van der Waals surface area contributed by atoms with Crippen LogP contribution in [0, 0.1) is 0 Å². The van der Waals surface area contributed by atoms with Crippen molar-refractivity contribution in [3.05, 3.63) is 114 Å². The van der Waals surface area contributed by atoms with Crippen molar-refractivity contribution in [1.82, 2.24) is 5.32 Å². The predicted molar refractivity (Wildman–Crippen MR) is 163 cm³/mol. The smallest absolute Gasteiger partial charge is 0.328 e. The molecule has 6 rings (SSSR count). The van der Waals surface area contributed by atoms with Crippen LogP contribution in [-0.2, 0) is 32.0 Å². The molecule has 2 aliphatic heterocycles. The van der Waals surface area contributed by atoms with E-state index in [0.717, 1.165) is 0 Å². The van der Waals surface area contributed by atoms with Gasteiger partial charge in [0.1, 0.15) is 29.3 Å². The van der Waals surface area contributed by atoms with Gasteiger partial charge in [-0.15, -0.1) is 0 Å². The van der Waals surface area contributed by atoms with Crippen LogP contribution in [0.25, 0.3) is 0 Å². The number of nitrogen functional groups attached to an aromatic ring is 1. The summed E-state index contributed by atoms with van der Waals surface area (Å²) < 4.78 is 16.7. The van der Waals surface area contributed by atoms with E-state index >= 15 is 0 Å². The number of nitrogens with two attached hydrogens (primary N) is 1. The number of nitrogens with one attached hydrogen (secondary N) is 1. The van der Waals surface area contributed by atoms with Crippen molar-refractivity contribution in [1.29, 1.82) is 0 Å². The van der Waals surface area contributed by atoms with E-state index < -0.39 is 24.0 Å². The lowest BCUT2D eigenvalue weighted by Crippen LogP contribution is -2.50. The number of hydrogen-bond acceptors (Lipinski definition) is 7. The third kappa shape index (κ3) is 6.78. The van der Waals surface area contributed by atoms with E-state index in [1.165, 1.54) is 4.90 Å². The van der Waals surface area contributed by atoms with Gasteiger partial charge in [-0.2, -0.15) is 0 Å². The van der Waals surface area contributed by atoms with Crippen molar-refractivity contribution in [2.45, 2.75) is 31.8 Å². The van der Waals surface area contributed by atoms with Crippen molar-refractivity contribution < 1.29 is 28.6 Å². The first-order valence-electron chi connectivity index (χ1n) is 14.0. The molecule has 3 N–H and O–H groups in total. The second-order valence-corrected chi connectivity index (χ2v) is 10.1. The Morgan fingerprint density at radius 3 is 2.42 bits per heavy atom. The van der Waals surface area contributed by atoms with Crippen LogP contribution < -0.4 is 25.4 Å². The molecule has 0 aromatic heterocycles. The van der Waals surface area contributed by atoms with Crippen molar-refractivity contribution in [2.75, 3.05) is 24.4 Å². The molecule has 2 amide bonds. The van der Waals surface area contributed by atoms with Crippen molar-refractivity contribution in [3.8, 4) is 17.2 Å². The summed E-state index contributed by atoms with van der Waals surface area (Å²) in [5, 5.41) is 2.88. The fourth-order valence-electron chi connectivity index (χ4n) is 5.08. The molecule has 0 spiro atoms. The number of fused-ring (bicyclic) bond motifs is 9. The summed E-state index contributed by atoms with van der Waals surface area (Å²) in [7, 11) is 1.55. The Balaban J connectivity index is 1.67. The molecule has 4 aromatic carbocycles. The molecular weight excluding hydrogens is 546 g/mol. The first kappa shape index (κ1) is 29.2. The Labute approximate surface area is 250 Å². The molecule has 43 heavy (non-hydrogen) atoms. The van der Waals surface area contributed by atoms with Gasteiger partial charge in [0, 0.05) is 12.1 Å². The Morgan fingerprint density at radius 2 is 1.72 bits per heavy atom. The van der Waals surface area contributed by atoms with E-state index in [-0.39, 0.29) is 25.4 Å². The Kier molecular flexibility index (Phi) is 8.90. The van der Waals surface area contributed by atoms with Gasteiger partial charge in [0.15, 0.2) is 0 Å². The summed E-state index contributed by atoms with van der Waals surface area (Å²) in [4.78, 5) is 43.1. The number of ether oxygens (including phenoxy) is 3. The summed E-state index contributed by atoms with van der Waals surface area (Å²) in [5.74, 6) is 0.0641. The molecule has 0 saturated carbocycles. The molecule has 2 atom stereocenters. The lowest BCUT2D eigenvalue weighted by atomic mass is 9.99. The molecule has 2 aliphatic rings. The largest absolute Gasteiger partial charge is 0.497 e. The normalized spacial score (nSPS) is 17.1. The minimum Gasteiger partial charge on any atom is -0.497 e. The summed E-state index contributed by atoms with van der Waals surface area (Å²) in [6.45, 7) is 1.83. The van der Waals surface area contributed by atoms with Gasteiger partial charge in [-0.3, -0.25) is 14.5 Å². The molecule has 4 aromatic rings. The van der Waals surface area contributed by atoms with Crippen LogP contribution in [0.15, 0.2) is 97.1 Å². The molecule has 0 saturated heterocycles. The van der Waals surface area contributed by atoms with Crippen LogP contribution in [0.4, 0.5) is 11.4 Å². The van der Waals surface area contributed by atoms with E-state index in [4.69, 9.17) is 19.9 Å². The SMILES string of the molecule is CCOC(=O)C1Cc2ccc(c(N)c2)Oc2cccc(c2)CC(=O)N(c2ccc(OC)cc2)C(c2ccccc2)C(=O)N1. The average Bonchev–Trinajstić information content (AvgIpc) is 3.01. The lowest BCUT2D eigenvalue weighted by Gasteiger charge is -2.33. The Morgan fingerprint density at radius 1 is 0.953 bits per heavy atom. The van der Waals surface area contributed by atoms with E-state index in [0.29, 0.717) is 45.3 Å². The number of esters is 1. The molecule has 220 valence electrons. The molecule has 0 radical (unpaired) electrons. The highest BCUT2D eigenvalue weighted by Crippen LogP contribution is 2.33. The number of amides is 2. The summed E-state index contributed by atoms with van der Waals surface area (Å²) >= 11 is 0. The zero-order chi connectivity index (χ0) is 30.3. The first-order valence-corrected chi connectivity index (χ1v) is 14.0. The second kappa shape index (κ2) is 13.1. The number of carbonyl (C=O) groups excluding carboxylic acids is 3. The number of rotatable bonds is 5. The van der Waals surface area contributed by atoms with Gasteiger partial charge >= 0.3 is 5.97 Å². The molecule has 4 bridgehead atoms. The number of methoxy groups -OCH3 is 1. The standard InChI is InChI=1S/C34H33N3O6/c1-3-42-34(40)29-20-23-12-17-30(28(35)19-23)43-27-11-7-8-22(18-27)21-31(38)37(25-13-15-26(41-2)16-14-25)32(33(39)36-29)24-9-5-4-6-10-24/h4-19,29,32H,3,20-21,35H2,1-2H3,(H,36,39). The third-order valence-electron chi connectivity index (χ3n) is 7.12. The van der Waals surface area contributed by atoms with Crippen LogP contribution in [0.2, 0.25) is 0 Å². The highest BCUT2D eigenvalue weighted by atomic mass is 16.5. The fourth-order valence-corrected chi connectivity index (χ4v) is 5.08. The molecule has 9 heteroatoms. The maximum absolute atomic E-state index is 14.3. The van der Waals surface area contributed by atoms with E-state index in [1.54, 1.807) is 99.0 Å². The average molecular weight is 580 g/mol. The predicted octanol–water partition coefficient (Wildman–Crippen LogP) is 4.99. The molecule has 0 aliphatic carbocycles. The van der Waals surface area contributed by atoms with Crippen LogP contribution in [0.5, 0.6) is 17.2 Å². The van der Waals surface area contributed by atoms with E-state index in [1.807, 2.05) is 12.1 Å². The highest BCUT2D eigenvalue weighted by molar-refractivity contribution is 6.03. The van der Waals surface area contributed by atoms with Crippen LogP contribution in [-0.4, -0.2) is 37.5 Å². The summed E-state index contributed by atoms with van der Waals surface area (Å²) in [6, 6.07) is 26.1. The topological polar surface area (TPSA) is 120 Å². The Hall–Kier alpha value is -5.31. The maximum atomic E-state index is 14.3. The van der Waals surface area contributed by atoms with Gasteiger partial charge in [0.25, 0.3) is 0 Å². The summed E-state index contributed by atoms with van der Waals surface area (Å²) in [5.41, 5.74) is 9.11. The van der Waals surface area contributed by atoms with Crippen molar-refractivity contribution in [2.24, 2.45) is 0 Å². The van der Waals surface area contributed by atoms with E-state index in [9.17, 15) is 14.4 Å². The van der Waals surface area contributed by atoms with Gasteiger partial charge in [0.05, 0.1) is 25.8 Å². The van der Waals surface area contributed by atoms with Crippen LogP contribution in [0.1, 0.15) is 29.7 Å². The minimum absolute atomic E-state index is 0.0322. The molecular formula is C34H33N3O6. The first-order chi connectivity index (χ1) is 20.9. The van der Waals surface area contributed by atoms with Gasteiger partial charge in [-0.25, -0.2) is 4.79 Å². The molecule has 2 heterocycles. The number of hydrogen-bond donors (Lipinski definition) is 2. The monoisotopic (exact) mass is 579 g/mol. The van der Waals surface area contributed by atoms with Crippen molar-refractivity contribution in [3.63, 3.8) is 0 Å². The van der Waals surface area contributed by atoms with E-state index in [2.05, 4.69) is 5.32 Å². The van der Waals surface area contributed by atoms with Crippen molar-refractivity contribution >= 4 is 29.2 Å². The molecule has 2 unspecified atom stereocenters. The van der Waals surface area contributed by atoms with Gasteiger partial charge < -0.3 is 25.3 Å². The number of carbonyl (C=O) groups is 3. The zero-order valence-electron chi connectivity index (χ0n) is 24.0. The number of benzene rings is 4. The quantitative estimate of drug-likeness (QED) is 0.252. The van der Waals surface area contributed by atoms with Gasteiger partial charge in [-0.05, 0) is 72.1 Å². The van der Waals surface area contributed by atoms with Gasteiger partial charge in [0.2, 0.25) is 11.8 Å². The fraction of sp³-hybridized carbons (Fsp3) is 0.206. The second-order valence-electron chi connectivity index (χ2n) is 10.1.